The number of hydrogen-bond donors (Lipinski definition) is 1. The Kier molecular flexibility index (Phi) is 5.12. The molecule has 2 radical (unpaired) electrons. The Morgan fingerprint density at radius 1 is 1.27 bits per heavy atom. The van der Waals surface area contributed by atoms with Crippen molar-refractivity contribution in [3.05, 3.63) is 35.9 Å². The highest BCUT2D eigenvalue weighted by Gasteiger charge is 2.14. The molecule has 0 saturated carbocycles. The van der Waals surface area contributed by atoms with Crippen LogP contribution in [0.5, 0.6) is 0 Å². The van der Waals surface area contributed by atoms with Crippen LogP contribution in [0.25, 0.3) is 0 Å². The third-order valence-corrected chi connectivity index (χ3v) is 2.36. The second-order valence-corrected chi connectivity index (χ2v) is 3.62. The molecule has 0 saturated heterocycles. The third kappa shape index (κ3) is 3.88. The van der Waals surface area contributed by atoms with E-state index in [4.69, 9.17) is 13.6 Å². The molecule has 1 unspecified atom stereocenters. The molecule has 78 valence electrons. The lowest BCUT2D eigenvalue weighted by molar-refractivity contribution is 0.0956. The van der Waals surface area contributed by atoms with Gasteiger partial charge in [-0.15, -0.1) is 0 Å². The SMILES string of the molecule is [B]CCCCC(N)C(=O)c1ccccc1. The highest BCUT2D eigenvalue weighted by molar-refractivity contribution is 6.08. The summed E-state index contributed by atoms with van der Waals surface area (Å²) >= 11 is 0. The Balaban J connectivity index is 2.46. The lowest BCUT2D eigenvalue weighted by Gasteiger charge is -2.09. The first-order chi connectivity index (χ1) is 7.25. The molecule has 0 aliphatic heterocycles. The number of benzene rings is 1. The normalized spacial score (nSPS) is 12.3. The van der Waals surface area contributed by atoms with E-state index in [1.165, 1.54) is 0 Å². The van der Waals surface area contributed by atoms with E-state index in [0.29, 0.717) is 18.3 Å². The summed E-state index contributed by atoms with van der Waals surface area (Å²) in [6, 6.07) is 8.78. The summed E-state index contributed by atoms with van der Waals surface area (Å²) in [7, 11) is 5.38. The fraction of sp³-hybridized carbons (Fsp3) is 0.417. The lowest BCUT2D eigenvalue weighted by atomic mass is 9.95. The highest BCUT2D eigenvalue weighted by atomic mass is 16.1. The quantitative estimate of drug-likeness (QED) is 0.434. The molecule has 1 aromatic rings. The maximum absolute atomic E-state index is 11.8. The fourth-order valence-corrected chi connectivity index (χ4v) is 1.46. The molecule has 3 heteroatoms. The fourth-order valence-electron chi connectivity index (χ4n) is 1.46. The van der Waals surface area contributed by atoms with Gasteiger partial charge in [0, 0.05) is 5.56 Å². The van der Waals surface area contributed by atoms with Crippen LogP contribution in [-0.4, -0.2) is 19.7 Å². The largest absolute Gasteiger partial charge is 0.321 e. The minimum Gasteiger partial charge on any atom is -0.321 e. The van der Waals surface area contributed by atoms with E-state index in [9.17, 15) is 4.79 Å². The van der Waals surface area contributed by atoms with Crippen molar-refractivity contribution in [2.75, 3.05) is 0 Å². The molecule has 0 fully saturated rings. The van der Waals surface area contributed by atoms with Crippen LogP contribution in [0, 0.1) is 0 Å². The van der Waals surface area contributed by atoms with E-state index in [2.05, 4.69) is 0 Å². The number of carbonyl (C=O) groups excluding carboxylic acids is 1. The zero-order valence-electron chi connectivity index (χ0n) is 8.86. The van der Waals surface area contributed by atoms with Crippen LogP contribution in [0.3, 0.4) is 0 Å². The Morgan fingerprint density at radius 3 is 2.53 bits per heavy atom. The minimum atomic E-state index is -0.390. The molecule has 0 aliphatic carbocycles. The summed E-state index contributed by atoms with van der Waals surface area (Å²) in [6.45, 7) is 0. The molecule has 0 spiro atoms. The van der Waals surface area contributed by atoms with Crippen molar-refractivity contribution in [3.63, 3.8) is 0 Å². The lowest BCUT2D eigenvalue weighted by Crippen LogP contribution is -2.30. The molecule has 15 heavy (non-hydrogen) atoms. The summed E-state index contributed by atoms with van der Waals surface area (Å²) in [4.78, 5) is 11.8. The smallest absolute Gasteiger partial charge is 0.179 e. The van der Waals surface area contributed by atoms with Crippen LogP contribution in [-0.2, 0) is 0 Å². The first kappa shape index (κ1) is 12.0. The number of carbonyl (C=O) groups is 1. The second kappa shape index (κ2) is 6.41. The van der Waals surface area contributed by atoms with Crippen LogP contribution in [0.2, 0.25) is 6.32 Å². The summed E-state index contributed by atoms with van der Waals surface area (Å²) < 4.78 is 0. The highest BCUT2D eigenvalue weighted by Crippen LogP contribution is 2.08. The summed E-state index contributed by atoms with van der Waals surface area (Å²) in [5, 5.41) is 0. The van der Waals surface area contributed by atoms with E-state index in [1.54, 1.807) is 12.1 Å². The predicted octanol–water partition coefficient (Wildman–Crippen LogP) is 1.95. The standard InChI is InChI=1S/C12H16BNO/c13-9-5-4-8-11(14)12(15)10-6-2-1-3-7-10/h1-3,6-7,11H,4-5,8-9,14H2. The maximum atomic E-state index is 11.8. The van der Waals surface area contributed by atoms with Crippen molar-refractivity contribution in [1.82, 2.24) is 0 Å². The first-order valence-electron chi connectivity index (χ1n) is 5.30. The van der Waals surface area contributed by atoms with E-state index >= 15 is 0 Å². The van der Waals surface area contributed by atoms with E-state index in [1.807, 2.05) is 18.2 Å². The summed E-state index contributed by atoms with van der Waals surface area (Å²) in [6.07, 6.45) is 3.21. The van der Waals surface area contributed by atoms with E-state index in [0.717, 1.165) is 12.8 Å². The number of ketones is 1. The van der Waals surface area contributed by atoms with Crippen LogP contribution in [0.4, 0.5) is 0 Å². The van der Waals surface area contributed by atoms with Gasteiger partial charge in [0.1, 0.15) is 0 Å². The monoisotopic (exact) mass is 201 g/mol. The van der Waals surface area contributed by atoms with Crippen molar-refractivity contribution < 1.29 is 4.79 Å². The maximum Gasteiger partial charge on any atom is 0.179 e. The van der Waals surface area contributed by atoms with Gasteiger partial charge in [0.05, 0.1) is 13.9 Å². The molecule has 0 aliphatic rings. The van der Waals surface area contributed by atoms with Crippen LogP contribution in [0.1, 0.15) is 29.6 Å². The minimum absolute atomic E-state index is 0.0209. The van der Waals surface area contributed by atoms with Crippen molar-refractivity contribution in [1.29, 1.82) is 0 Å². The van der Waals surface area contributed by atoms with Gasteiger partial charge in [-0.2, -0.15) is 0 Å². The Bertz CT molecular complexity index is 300. The Morgan fingerprint density at radius 2 is 1.93 bits per heavy atom. The molecule has 0 aromatic heterocycles. The Labute approximate surface area is 92.3 Å². The van der Waals surface area contributed by atoms with E-state index < -0.39 is 0 Å². The number of rotatable bonds is 6. The van der Waals surface area contributed by atoms with Crippen LogP contribution < -0.4 is 5.73 Å². The van der Waals surface area contributed by atoms with E-state index in [-0.39, 0.29) is 11.8 Å². The zero-order chi connectivity index (χ0) is 11.1. The van der Waals surface area contributed by atoms with Gasteiger partial charge in [0.15, 0.2) is 5.78 Å². The second-order valence-electron chi connectivity index (χ2n) is 3.62. The molecule has 1 aromatic carbocycles. The van der Waals surface area contributed by atoms with Gasteiger partial charge < -0.3 is 5.73 Å². The summed E-state index contributed by atoms with van der Waals surface area (Å²) in [5.41, 5.74) is 6.49. The molecule has 1 rings (SSSR count). The van der Waals surface area contributed by atoms with Gasteiger partial charge in [-0.1, -0.05) is 49.5 Å². The summed E-state index contributed by atoms with van der Waals surface area (Å²) in [5.74, 6) is 0.0209. The number of nitrogens with two attached hydrogens (primary N) is 1. The molecular weight excluding hydrogens is 185 g/mol. The van der Waals surface area contributed by atoms with Crippen molar-refractivity contribution >= 4 is 13.6 Å². The van der Waals surface area contributed by atoms with Gasteiger partial charge in [0.2, 0.25) is 0 Å². The van der Waals surface area contributed by atoms with Gasteiger partial charge in [-0.25, -0.2) is 0 Å². The van der Waals surface area contributed by atoms with Crippen LogP contribution in [0.15, 0.2) is 30.3 Å². The molecule has 1 atom stereocenters. The van der Waals surface area contributed by atoms with Gasteiger partial charge in [-0.05, 0) is 6.42 Å². The molecule has 0 heterocycles. The van der Waals surface area contributed by atoms with Gasteiger partial charge >= 0.3 is 0 Å². The first-order valence-corrected chi connectivity index (χ1v) is 5.30. The predicted molar refractivity (Wildman–Crippen MR) is 63.2 cm³/mol. The topological polar surface area (TPSA) is 43.1 Å². The molecule has 0 bridgehead atoms. The number of Topliss-reactive ketones (excluding diaryl/α,β-unsaturated/α-hetero) is 1. The zero-order valence-corrected chi connectivity index (χ0v) is 8.86. The van der Waals surface area contributed by atoms with Crippen molar-refractivity contribution in [2.24, 2.45) is 5.73 Å². The molecule has 2 N–H and O–H groups in total. The van der Waals surface area contributed by atoms with Gasteiger partial charge in [0.25, 0.3) is 0 Å². The number of hydrogen-bond acceptors (Lipinski definition) is 2. The molecule has 0 amide bonds. The van der Waals surface area contributed by atoms with Crippen molar-refractivity contribution in [3.8, 4) is 0 Å². The molecular formula is C12H16BNO. The third-order valence-electron chi connectivity index (χ3n) is 2.36. The number of unbranched alkanes of at least 4 members (excludes halogenated alkanes) is 1. The van der Waals surface area contributed by atoms with Gasteiger partial charge in [-0.3, -0.25) is 4.79 Å². The average Bonchev–Trinajstić information content (AvgIpc) is 2.29. The molecule has 2 nitrogen and oxygen atoms in total. The van der Waals surface area contributed by atoms with Crippen LogP contribution >= 0.6 is 0 Å². The van der Waals surface area contributed by atoms with Crippen molar-refractivity contribution in [2.45, 2.75) is 31.6 Å². The Hall–Kier alpha value is -1.09. The average molecular weight is 201 g/mol.